The zero-order chi connectivity index (χ0) is 20.4. The van der Waals surface area contributed by atoms with Crippen LogP contribution >= 0.6 is 11.6 Å². The van der Waals surface area contributed by atoms with Gasteiger partial charge in [0, 0.05) is 12.7 Å². The monoisotopic (exact) mass is 398 g/mol. The van der Waals surface area contributed by atoms with E-state index in [2.05, 4.69) is 5.32 Å². The van der Waals surface area contributed by atoms with Crippen LogP contribution in [0.4, 0.5) is 24.5 Å². The van der Waals surface area contributed by atoms with Crippen LogP contribution in [0.3, 0.4) is 0 Å². The Balaban J connectivity index is 2.25. The molecule has 0 saturated heterocycles. The van der Waals surface area contributed by atoms with Crippen molar-refractivity contribution >= 4 is 34.8 Å². The highest BCUT2D eigenvalue weighted by molar-refractivity contribution is 6.34. The van der Waals surface area contributed by atoms with Gasteiger partial charge in [-0.05, 0) is 44.2 Å². The summed E-state index contributed by atoms with van der Waals surface area (Å²) in [6.45, 7) is 2.79. The summed E-state index contributed by atoms with van der Waals surface area (Å²) in [7, 11) is 1.52. The van der Waals surface area contributed by atoms with Gasteiger partial charge in [0.25, 0.3) is 0 Å². The summed E-state index contributed by atoms with van der Waals surface area (Å²) in [5, 5.41) is 2.27. The Bertz CT molecular complexity index is 852. The molecule has 2 aromatic rings. The molecule has 2 amide bonds. The molecule has 0 aromatic heterocycles. The van der Waals surface area contributed by atoms with Crippen molar-refractivity contribution in [2.45, 2.75) is 20.0 Å². The maximum Gasteiger partial charge on any atom is 0.416 e. The third-order valence-electron chi connectivity index (χ3n) is 4.09. The van der Waals surface area contributed by atoms with E-state index in [1.165, 1.54) is 25.8 Å². The summed E-state index contributed by atoms with van der Waals surface area (Å²) in [5.74, 6) is -1.29. The summed E-state index contributed by atoms with van der Waals surface area (Å²) < 4.78 is 38.6. The molecular formula is C19H18ClF3N2O2. The second-order valence-electron chi connectivity index (χ2n) is 6.47. The molecule has 0 aliphatic carbocycles. The van der Waals surface area contributed by atoms with Gasteiger partial charge in [-0.15, -0.1) is 0 Å². The summed E-state index contributed by atoms with van der Waals surface area (Å²) in [4.78, 5) is 26.7. The van der Waals surface area contributed by atoms with E-state index in [1.54, 1.807) is 30.3 Å². The van der Waals surface area contributed by atoms with Crippen molar-refractivity contribution in [1.29, 1.82) is 0 Å². The summed E-state index contributed by atoms with van der Waals surface area (Å²) in [5.41, 5.74) is -2.12. The maximum absolute atomic E-state index is 12.9. The number of amides is 2. The van der Waals surface area contributed by atoms with Crippen LogP contribution in [0.15, 0.2) is 48.5 Å². The third-order valence-corrected chi connectivity index (χ3v) is 4.42. The lowest BCUT2D eigenvalue weighted by atomic mass is 9.90. The Labute approximate surface area is 159 Å². The predicted molar refractivity (Wildman–Crippen MR) is 98.7 cm³/mol. The lowest BCUT2D eigenvalue weighted by Gasteiger charge is -2.28. The van der Waals surface area contributed by atoms with Gasteiger partial charge < -0.3 is 10.2 Å². The molecule has 27 heavy (non-hydrogen) atoms. The van der Waals surface area contributed by atoms with Gasteiger partial charge in [0.2, 0.25) is 11.8 Å². The van der Waals surface area contributed by atoms with E-state index in [1.807, 2.05) is 0 Å². The molecule has 0 spiro atoms. The SMILES string of the molecule is CN(C(=O)C(C)(C)C(=O)Nc1cc(C(F)(F)F)ccc1Cl)c1ccccc1. The van der Waals surface area contributed by atoms with Crippen LogP contribution in [0.5, 0.6) is 0 Å². The minimum atomic E-state index is -4.58. The normalized spacial score (nSPS) is 11.8. The van der Waals surface area contributed by atoms with Gasteiger partial charge in [0.15, 0.2) is 0 Å². The molecule has 0 heterocycles. The molecule has 144 valence electrons. The topological polar surface area (TPSA) is 49.4 Å². The number of nitrogens with zero attached hydrogens (tertiary/aromatic N) is 1. The molecule has 0 radical (unpaired) electrons. The van der Waals surface area contributed by atoms with E-state index in [-0.39, 0.29) is 10.7 Å². The lowest BCUT2D eigenvalue weighted by Crippen LogP contribution is -2.46. The lowest BCUT2D eigenvalue weighted by molar-refractivity contribution is -0.138. The molecule has 4 nitrogen and oxygen atoms in total. The number of alkyl halides is 3. The van der Waals surface area contributed by atoms with Crippen LogP contribution in [0.2, 0.25) is 5.02 Å². The molecule has 0 fully saturated rings. The van der Waals surface area contributed by atoms with E-state index < -0.39 is 29.0 Å². The van der Waals surface area contributed by atoms with E-state index in [9.17, 15) is 22.8 Å². The second-order valence-corrected chi connectivity index (χ2v) is 6.88. The largest absolute Gasteiger partial charge is 0.416 e. The molecule has 2 rings (SSSR count). The van der Waals surface area contributed by atoms with Gasteiger partial charge in [0.05, 0.1) is 16.3 Å². The molecule has 0 unspecified atom stereocenters. The van der Waals surface area contributed by atoms with Crippen LogP contribution < -0.4 is 10.2 Å². The number of carbonyl (C=O) groups excluding carboxylic acids is 2. The van der Waals surface area contributed by atoms with Crippen molar-refractivity contribution in [3.05, 3.63) is 59.1 Å². The smallest absolute Gasteiger partial charge is 0.324 e. The van der Waals surface area contributed by atoms with Gasteiger partial charge >= 0.3 is 6.18 Å². The highest BCUT2D eigenvalue weighted by Crippen LogP contribution is 2.34. The minimum absolute atomic E-state index is 0.0592. The highest BCUT2D eigenvalue weighted by atomic mass is 35.5. The summed E-state index contributed by atoms with van der Waals surface area (Å²) in [6, 6.07) is 11.3. The van der Waals surface area contributed by atoms with E-state index in [4.69, 9.17) is 11.6 Å². The predicted octanol–water partition coefficient (Wildman–Crippen LogP) is 4.99. The average Bonchev–Trinajstić information content (AvgIpc) is 2.61. The third kappa shape index (κ3) is 4.60. The van der Waals surface area contributed by atoms with Gasteiger partial charge in [-0.25, -0.2) is 0 Å². The number of rotatable bonds is 4. The minimum Gasteiger partial charge on any atom is -0.324 e. The van der Waals surface area contributed by atoms with Gasteiger partial charge in [-0.1, -0.05) is 29.8 Å². The second kappa shape index (κ2) is 7.60. The van der Waals surface area contributed by atoms with Crippen molar-refractivity contribution in [3.63, 3.8) is 0 Å². The molecular weight excluding hydrogens is 381 g/mol. The molecule has 0 saturated carbocycles. The molecule has 0 aliphatic heterocycles. The Morgan fingerprint density at radius 2 is 1.63 bits per heavy atom. The molecule has 8 heteroatoms. The molecule has 0 bridgehead atoms. The standard InChI is InChI=1S/C19H18ClF3N2O2/c1-18(2,17(27)25(3)13-7-5-4-6-8-13)16(26)24-15-11-12(19(21,22)23)9-10-14(15)20/h4-11H,1-3H3,(H,24,26). The number of hydrogen-bond donors (Lipinski definition) is 1. The fourth-order valence-electron chi connectivity index (χ4n) is 2.36. The van der Waals surface area contributed by atoms with Crippen LogP contribution in [0, 0.1) is 5.41 Å². The first-order valence-corrected chi connectivity index (χ1v) is 8.34. The molecule has 0 atom stereocenters. The van der Waals surface area contributed by atoms with Crippen LogP contribution in [-0.2, 0) is 15.8 Å². The average molecular weight is 399 g/mol. The number of benzene rings is 2. The molecule has 2 aromatic carbocycles. The van der Waals surface area contributed by atoms with Crippen molar-refractivity contribution in [2.75, 3.05) is 17.3 Å². The quantitative estimate of drug-likeness (QED) is 0.738. The van der Waals surface area contributed by atoms with Gasteiger partial charge in [-0.2, -0.15) is 13.2 Å². The van der Waals surface area contributed by atoms with Crippen molar-refractivity contribution in [3.8, 4) is 0 Å². The number of nitrogens with one attached hydrogen (secondary N) is 1. The van der Waals surface area contributed by atoms with Crippen molar-refractivity contribution < 1.29 is 22.8 Å². The van der Waals surface area contributed by atoms with Crippen LogP contribution in [0.25, 0.3) is 0 Å². The highest BCUT2D eigenvalue weighted by Gasteiger charge is 2.39. The fourth-order valence-corrected chi connectivity index (χ4v) is 2.53. The van der Waals surface area contributed by atoms with Crippen molar-refractivity contribution in [1.82, 2.24) is 0 Å². The Hall–Kier alpha value is -2.54. The first-order chi connectivity index (χ1) is 12.4. The Morgan fingerprint density at radius 1 is 1.04 bits per heavy atom. The van der Waals surface area contributed by atoms with E-state index in [0.717, 1.165) is 18.2 Å². The number of carbonyl (C=O) groups is 2. The van der Waals surface area contributed by atoms with Crippen LogP contribution in [0.1, 0.15) is 19.4 Å². The fraction of sp³-hybridized carbons (Fsp3) is 0.263. The molecule has 0 aliphatic rings. The zero-order valence-electron chi connectivity index (χ0n) is 14.9. The van der Waals surface area contributed by atoms with Crippen LogP contribution in [-0.4, -0.2) is 18.9 Å². The number of halogens is 4. The number of anilines is 2. The Kier molecular flexibility index (Phi) is 5.85. The number of hydrogen-bond acceptors (Lipinski definition) is 2. The summed E-state index contributed by atoms with van der Waals surface area (Å²) >= 11 is 5.90. The van der Waals surface area contributed by atoms with E-state index in [0.29, 0.717) is 5.69 Å². The van der Waals surface area contributed by atoms with Gasteiger partial charge in [0.1, 0.15) is 5.41 Å². The zero-order valence-corrected chi connectivity index (χ0v) is 15.7. The maximum atomic E-state index is 12.9. The molecule has 1 N–H and O–H groups in total. The summed E-state index contributed by atoms with van der Waals surface area (Å²) in [6.07, 6.45) is -4.58. The Morgan fingerprint density at radius 3 is 2.19 bits per heavy atom. The first kappa shape index (κ1) is 20.8. The van der Waals surface area contributed by atoms with Gasteiger partial charge in [-0.3, -0.25) is 9.59 Å². The first-order valence-electron chi connectivity index (χ1n) is 7.96. The van der Waals surface area contributed by atoms with E-state index >= 15 is 0 Å². The van der Waals surface area contributed by atoms with Crippen molar-refractivity contribution in [2.24, 2.45) is 5.41 Å². The number of para-hydroxylation sites is 1.